The van der Waals surface area contributed by atoms with Crippen LogP contribution in [-0.2, 0) is 33.8 Å². The molecule has 41 heavy (non-hydrogen) atoms. The van der Waals surface area contributed by atoms with Crippen LogP contribution in [0.1, 0.15) is 60.4 Å². The van der Waals surface area contributed by atoms with E-state index in [-0.39, 0.29) is 29.7 Å². The summed E-state index contributed by atoms with van der Waals surface area (Å²) in [5.41, 5.74) is -1.37. The van der Waals surface area contributed by atoms with Gasteiger partial charge in [-0.2, -0.15) is 26.3 Å². The number of hydrogen-bond acceptors (Lipinski definition) is 3. The highest BCUT2D eigenvalue weighted by molar-refractivity contribution is 5.83. The summed E-state index contributed by atoms with van der Waals surface area (Å²) in [6.45, 7) is 3.65. The van der Waals surface area contributed by atoms with Crippen molar-refractivity contribution in [1.82, 2.24) is 10.2 Å². The van der Waals surface area contributed by atoms with Crippen LogP contribution in [-0.4, -0.2) is 43.7 Å². The lowest BCUT2D eigenvalue weighted by Crippen LogP contribution is -2.51. The van der Waals surface area contributed by atoms with Crippen LogP contribution in [0.4, 0.5) is 26.3 Å². The number of methoxy groups -OCH3 is 1. The van der Waals surface area contributed by atoms with Gasteiger partial charge in [0, 0.05) is 31.7 Å². The topological polar surface area (TPSA) is 41.6 Å². The highest BCUT2D eigenvalue weighted by atomic mass is 19.4. The first kappa shape index (κ1) is 29.6. The van der Waals surface area contributed by atoms with Crippen molar-refractivity contribution in [2.45, 2.75) is 63.0 Å². The third-order valence-electron chi connectivity index (χ3n) is 9.32. The number of fused-ring (bicyclic) bond motifs is 2. The highest BCUT2D eigenvalue weighted by Gasteiger charge is 2.50. The van der Waals surface area contributed by atoms with Gasteiger partial charge >= 0.3 is 12.4 Å². The smallest absolute Gasteiger partial charge is 0.384 e. The van der Waals surface area contributed by atoms with Crippen LogP contribution in [0, 0.1) is 11.3 Å². The largest absolute Gasteiger partial charge is 0.416 e. The van der Waals surface area contributed by atoms with Gasteiger partial charge < -0.3 is 10.1 Å². The molecule has 3 aliphatic rings. The van der Waals surface area contributed by atoms with E-state index >= 15 is 0 Å². The fraction of sp³-hybridized carbons (Fsp3) is 0.516. The van der Waals surface area contributed by atoms with Gasteiger partial charge in [-0.25, -0.2) is 0 Å². The molecule has 1 heterocycles. The normalized spacial score (nSPS) is 28.3. The number of nitrogens with zero attached hydrogens (tertiary/aromatic N) is 1. The standard InChI is InChI=1S/C31H34F6N2O2/c1-20-18-39(12-11-29(20)10-7-22-5-3-4-6-26(22)29)25-8-9-28(16-25,19-41-2)27(40)38-17-21-13-23(30(32,33)34)15-24(14-21)31(35,36)37/h3-7,10,13-15,20,25H,8-9,11-12,16-19H2,1-2H3,(H,38,40)/t20-,25?,28?,29+/m0/s1. The molecule has 2 fully saturated rings. The molecule has 1 saturated heterocycles. The SMILES string of the molecule is COCC1(C(=O)NCc2cc(C(F)(F)F)cc(C(F)(F)F)c2)CCC(N2CC[C@]3(C=Cc4ccccc43)[C@@H](C)C2)C1. The Morgan fingerprint density at radius 2 is 1.73 bits per heavy atom. The minimum absolute atomic E-state index is 0.00703. The molecule has 2 aromatic rings. The number of hydrogen-bond donors (Lipinski definition) is 1. The van der Waals surface area contributed by atoms with E-state index in [4.69, 9.17) is 4.74 Å². The number of benzene rings is 2. The molecule has 1 N–H and O–H groups in total. The number of allylic oxidation sites excluding steroid dienone is 1. The molecule has 2 aromatic carbocycles. The lowest BCUT2D eigenvalue weighted by Gasteiger charge is -2.46. The Bertz CT molecular complexity index is 1290. The first-order chi connectivity index (χ1) is 19.3. The molecule has 1 spiro atoms. The third kappa shape index (κ3) is 5.65. The number of carbonyl (C=O) groups excluding carboxylic acids is 1. The molecule has 10 heteroatoms. The summed E-state index contributed by atoms with van der Waals surface area (Å²) in [4.78, 5) is 15.9. The predicted molar refractivity (Wildman–Crippen MR) is 143 cm³/mol. The second-order valence-electron chi connectivity index (χ2n) is 11.8. The van der Waals surface area contributed by atoms with Crippen molar-refractivity contribution in [3.63, 3.8) is 0 Å². The first-order valence-electron chi connectivity index (χ1n) is 13.9. The van der Waals surface area contributed by atoms with Gasteiger partial charge in [0.15, 0.2) is 0 Å². The fourth-order valence-corrected chi connectivity index (χ4v) is 7.13. The number of rotatable bonds is 6. The Hall–Kier alpha value is -2.85. The fourth-order valence-electron chi connectivity index (χ4n) is 7.13. The maximum atomic E-state index is 13.5. The zero-order valence-electron chi connectivity index (χ0n) is 23.0. The van der Waals surface area contributed by atoms with Crippen LogP contribution in [0.5, 0.6) is 0 Å². The molecule has 4 nitrogen and oxygen atoms in total. The van der Waals surface area contributed by atoms with Gasteiger partial charge in [-0.1, -0.05) is 43.3 Å². The number of piperidine rings is 1. The van der Waals surface area contributed by atoms with Crippen molar-refractivity contribution in [2.75, 3.05) is 26.8 Å². The van der Waals surface area contributed by atoms with Crippen molar-refractivity contribution in [3.05, 3.63) is 76.4 Å². The van der Waals surface area contributed by atoms with Crippen LogP contribution in [0.25, 0.3) is 6.08 Å². The molecule has 222 valence electrons. The monoisotopic (exact) mass is 580 g/mol. The number of nitrogens with one attached hydrogen (secondary N) is 1. The van der Waals surface area contributed by atoms with Crippen molar-refractivity contribution >= 4 is 12.0 Å². The first-order valence-corrected chi connectivity index (χ1v) is 13.9. The summed E-state index contributed by atoms with van der Waals surface area (Å²) in [6, 6.07) is 9.97. The van der Waals surface area contributed by atoms with Crippen LogP contribution < -0.4 is 5.32 Å². The second-order valence-corrected chi connectivity index (χ2v) is 11.8. The van der Waals surface area contributed by atoms with Crippen LogP contribution in [0.15, 0.2) is 48.5 Å². The van der Waals surface area contributed by atoms with Gasteiger partial charge in [-0.3, -0.25) is 9.69 Å². The quantitative estimate of drug-likeness (QED) is 0.381. The molecule has 0 aromatic heterocycles. The number of likely N-dealkylation sites (tertiary alicyclic amines) is 1. The van der Waals surface area contributed by atoms with Crippen LogP contribution >= 0.6 is 0 Å². The number of halogens is 6. The van der Waals surface area contributed by atoms with Gasteiger partial charge in [0.1, 0.15) is 0 Å². The third-order valence-corrected chi connectivity index (χ3v) is 9.32. The Balaban J connectivity index is 1.27. The molecule has 1 saturated carbocycles. The van der Waals surface area contributed by atoms with Gasteiger partial charge in [0.25, 0.3) is 0 Å². The van der Waals surface area contributed by atoms with Crippen molar-refractivity contribution in [3.8, 4) is 0 Å². The van der Waals surface area contributed by atoms with Crippen LogP contribution in [0.3, 0.4) is 0 Å². The van der Waals surface area contributed by atoms with E-state index in [1.54, 1.807) is 0 Å². The van der Waals surface area contributed by atoms with Crippen LogP contribution in [0.2, 0.25) is 0 Å². The zero-order valence-corrected chi connectivity index (χ0v) is 23.0. The van der Waals surface area contributed by atoms with Crippen molar-refractivity contribution in [2.24, 2.45) is 11.3 Å². The molecule has 0 bridgehead atoms. The van der Waals surface area contributed by atoms with E-state index in [1.165, 1.54) is 18.2 Å². The Morgan fingerprint density at radius 1 is 1.05 bits per heavy atom. The van der Waals surface area contributed by atoms with Gasteiger partial charge in [-0.15, -0.1) is 0 Å². The van der Waals surface area contributed by atoms with Gasteiger partial charge in [0.2, 0.25) is 5.91 Å². The lowest BCUT2D eigenvalue weighted by atomic mass is 9.67. The zero-order chi connectivity index (χ0) is 29.6. The van der Waals surface area contributed by atoms with Gasteiger partial charge in [-0.05, 0) is 73.0 Å². The highest BCUT2D eigenvalue weighted by Crippen LogP contribution is 2.49. The van der Waals surface area contributed by atoms with E-state index in [2.05, 4.69) is 47.5 Å². The minimum Gasteiger partial charge on any atom is -0.384 e. The Kier molecular flexibility index (Phi) is 7.78. The average molecular weight is 581 g/mol. The predicted octanol–water partition coefficient (Wildman–Crippen LogP) is 6.83. The van der Waals surface area contributed by atoms with E-state index in [1.807, 2.05) is 6.07 Å². The van der Waals surface area contributed by atoms with E-state index < -0.39 is 41.3 Å². The minimum atomic E-state index is -4.95. The maximum absolute atomic E-state index is 13.5. The van der Waals surface area contributed by atoms with Crippen molar-refractivity contribution in [1.29, 1.82) is 0 Å². The van der Waals surface area contributed by atoms with E-state index in [0.29, 0.717) is 30.9 Å². The molecule has 5 rings (SSSR count). The molecular weight excluding hydrogens is 546 g/mol. The summed E-state index contributed by atoms with van der Waals surface area (Å²) in [5, 5.41) is 2.63. The molecule has 4 atom stereocenters. The number of carbonyl (C=O) groups is 1. The summed E-state index contributed by atoms with van der Waals surface area (Å²) in [7, 11) is 1.49. The molecule has 1 aliphatic heterocycles. The molecule has 2 aliphatic carbocycles. The van der Waals surface area contributed by atoms with E-state index in [9.17, 15) is 31.1 Å². The summed E-state index contributed by atoms with van der Waals surface area (Å²) in [5.74, 6) is -0.0619. The molecular formula is C31H34F6N2O2. The second kappa shape index (κ2) is 10.8. The molecule has 0 radical (unpaired) electrons. The van der Waals surface area contributed by atoms with Gasteiger partial charge in [0.05, 0.1) is 23.1 Å². The van der Waals surface area contributed by atoms with Crippen molar-refractivity contribution < 1.29 is 35.9 Å². The Labute approximate surface area is 235 Å². The summed E-state index contributed by atoms with van der Waals surface area (Å²) in [6.07, 6.45) is -2.62. The Morgan fingerprint density at radius 3 is 2.37 bits per heavy atom. The lowest BCUT2D eigenvalue weighted by molar-refractivity contribution is -0.143. The number of ether oxygens (including phenoxy) is 1. The summed E-state index contributed by atoms with van der Waals surface area (Å²) < 4.78 is 85.1. The molecule has 1 amide bonds. The number of alkyl halides is 6. The summed E-state index contributed by atoms with van der Waals surface area (Å²) >= 11 is 0. The maximum Gasteiger partial charge on any atom is 0.416 e. The number of amides is 1. The molecule has 2 unspecified atom stereocenters. The van der Waals surface area contributed by atoms with E-state index in [0.717, 1.165) is 25.9 Å². The average Bonchev–Trinajstić information content (AvgIpc) is 3.52.